The van der Waals surface area contributed by atoms with Crippen LogP contribution in [0.5, 0.6) is 0 Å². The number of nitrogens with zero attached hydrogens (tertiary/aromatic N) is 4. The minimum absolute atomic E-state index is 0.00631. The highest BCUT2D eigenvalue weighted by molar-refractivity contribution is 7.92. The van der Waals surface area contributed by atoms with Crippen LogP contribution in [0.2, 0.25) is 5.02 Å². The number of rotatable bonds is 5. The maximum atomic E-state index is 12.6. The molecule has 2 fully saturated rings. The summed E-state index contributed by atoms with van der Waals surface area (Å²) in [5.74, 6) is -0.220. The summed E-state index contributed by atoms with van der Waals surface area (Å²) in [5, 5.41) is 10.1. The molecule has 0 radical (unpaired) electrons. The number of nitrogens with two attached hydrogens (primary N) is 1. The summed E-state index contributed by atoms with van der Waals surface area (Å²) < 4.78 is 26.7. The number of likely N-dealkylation sites (N-methyl/N-ethyl adjacent to an activating group) is 1. The summed E-state index contributed by atoms with van der Waals surface area (Å²) in [6.07, 6.45) is 0.603. The fraction of sp³-hybridized carbons (Fsp3) is 0.417. The number of likely N-dealkylation sites (tertiary alicyclic amines) is 1. The number of halogens is 1. The Kier molecular flexibility index (Phi) is 6.62. The first-order chi connectivity index (χ1) is 16.1. The molecule has 2 saturated heterocycles. The number of hydrogen-bond acceptors (Lipinski definition) is 5. The lowest BCUT2D eigenvalue weighted by atomic mass is 10.0. The van der Waals surface area contributed by atoms with E-state index >= 15 is 0 Å². The molecular weight excluding hydrogens is 474 g/mol. The van der Waals surface area contributed by atoms with Gasteiger partial charge in [0.1, 0.15) is 17.0 Å². The van der Waals surface area contributed by atoms with Crippen LogP contribution in [0.25, 0.3) is 11.1 Å². The topological polar surface area (TPSA) is 107 Å². The second kappa shape index (κ2) is 9.19. The van der Waals surface area contributed by atoms with Crippen LogP contribution in [0.4, 0.5) is 11.4 Å². The molecule has 3 atom stereocenters. The molecular formula is C24H29ClN5O3S+. The monoisotopic (exact) mass is 502 g/mol. The van der Waals surface area contributed by atoms with E-state index in [9.17, 15) is 18.5 Å². The molecule has 10 heteroatoms. The van der Waals surface area contributed by atoms with E-state index < -0.39 is 22.0 Å². The van der Waals surface area contributed by atoms with Crippen molar-refractivity contribution < 1.29 is 13.2 Å². The number of nitriles is 1. The molecule has 2 aromatic rings. The number of carbonyl (C=O) groups is 1. The number of carbonyl (C=O) groups excluding carboxylic acids is 1. The van der Waals surface area contributed by atoms with Gasteiger partial charge in [0.2, 0.25) is 10.0 Å². The molecule has 8 nitrogen and oxygen atoms in total. The number of primary amides is 1. The number of anilines is 1. The largest absolute Gasteiger partial charge is 0.364 e. The molecule has 0 saturated carbocycles. The lowest BCUT2D eigenvalue weighted by Crippen LogP contribution is -2.58. The molecule has 0 spiro atoms. The molecule has 2 aliphatic rings. The molecule has 0 aliphatic carbocycles. The van der Waals surface area contributed by atoms with E-state index in [1.807, 2.05) is 24.3 Å². The number of quaternary nitrogens is 1. The van der Waals surface area contributed by atoms with Crippen molar-refractivity contribution in [2.45, 2.75) is 19.4 Å². The van der Waals surface area contributed by atoms with Crippen molar-refractivity contribution in [1.29, 1.82) is 5.26 Å². The zero-order valence-corrected chi connectivity index (χ0v) is 20.9. The van der Waals surface area contributed by atoms with Gasteiger partial charge in [-0.3, -0.25) is 18.5 Å². The second-order valence-electron chi connectivity index (χ2n) is 9.40. The predicted octanol–water partition coefficient (Wildman–Crippen LogP) is 2.77. The number of hydrogen-bond donors (Lipinski definition) is 1. The van der Waals surface area contributed by atoms with E-state index in [0.29, 0.717) is 42.5 Å². The van der Waals surface area contributed by atoms with Gasteiger partial charge >= 0.3 is 0 Å². The van der Waals surface area contributed by atoms with Crippen molar-refractivity contribution in [3.63, 3.8) is 0 Å². The molecule has 0 bridgehead atoms. The fourth-order valence-corrected chi connectivity index (χ4v) is 7.22. The van der Waals surface area contributed by atoms with Crippen LogP contribution in [0.15, 0.2) is 42.5 Å². The normalized spacial score (nSPS) is 26.8. The van der Waals surface area contributed by atoms with Crippen LogP contribution in [0.3, 0.4) is 0 Å². The highest BCUT2D eigenvalue weighted by atomic mass is 35.5. The molecule has 0 aromatic heterocycles. The minimum atomic E-state index is -3.40. The average Bonchev–Trinajstić information content (AvgIpc) is 3.11. The first-order valence-corrected chi connectivity index (χ1v) is 13.2. The molecule has 34 heavy (non-hydrogen) atoms. The Balaban J connectivity index is 1.71. The van der Waals surface area contributed by atoms with Crippen molar-refractivity contribution in [2.75, 3.05) is 43.4 Å². The van der Waals surface area contributed by atoms with E-state index in [4.69, 9.17) is 17.3 Å². The summed E-state index contributed by atoms with van der Waals surface area (Å²) in [7, 11) is -1.60. The number of benzene rings is 2. The summed E-state index contributed by atoms with van der Waals surface area (Å²) >= 11 is 6.62. The first kappa shape index (κ1) is 24.5. The zero-order chi connectivity index (χ0) is 24.7. The first-order valence-electron chi connectivity index (χ1n) is 11.2. The third-order valence-corrected chi connectivity index (χ3v) is 9.01. The summed E-state index contributed by atoms with van der Waals surface area (Å²) in [4.78, 5) is 14.1. The highest BCUT2D eigenvalue weighted by Gasteiger charge is 2.51. The van der Waals surface area contributed by atoms with Crippen LogP contribution in [-0.4, -0.2) is 64.4 Å². The van der Waals surface area contributed by atoms with Gasteiger partial charge in [0.05, 0.1) is 12.2 Å². The number of sulfonamides is 1. The maximum absolute atomic E-state index is 12.6. The van der Waals surface area contributed by atoms with Crippen molar-refractivity contribution in [3.8, 4) is 17.2 Å². The molecule has 180 valence electrons. The van der Waals surface area contributed by atoms with Gasteiger partial charge in [-0.05, 0) is 36.4 Å². The van der Waals surface area contributed by atoms with Gasteiger partial charge in [0.25, 0.3) is 5.91 Å². The molecule has 2 heterocycles. The van der Waals surface area contributed by atoms with Gasteiger partial charge in [-0.15, -0.1) is 0 Å². The molecule has 4 rings (SSSR count). The Morgan fingerprint density at radius 3 is 2.50 bits per heavy atom. The van der Waals surface area contributed by atoms with Gasteiger partial charge in [-0.1, -0.05) is 36.7 Å². The molecule has 2 aliphatic heterocycles. The summed E-state index contributed by atoms with van der Waals surface area (Å²) in [6.45, 7) is 3.83. The fourth-order valence-electron chi connectivity index (χ4n) is 5.31. The number of amides is 1. The van der Waals surface area contributed by atoms with E-state index in [0.717, 1.165) is 11.1 Å². The van der Waals surface area contributed by atoms with E-state index in [1.54, 1.807) is 30.1 Å². The van der Waals surface area contributed by atoms with E-state index in [1.165, 1.54) is 4.31 Å². The second-order valence-corrected chi connectivity index (χ2v) is 11.7. The predicted molar refractivity (Wildman–Crippen MR) is 135 cm³/mol. The molecule has 2 aromatic carbocycles. The van der Waals surface area contributed by atoms with Gasteiger partial charge < -0.3 is 5.73 Å². The van der Waals surface area contributed by atoms with Gasteiger partial charge in [-0.2, -0.15) is 5.26 Å². The summed E-state index contributed by atoms with van der Waals surface area (Å²) in [6, 6.07) is 14.7. The van der Waals surface area contributed by atoms with Gasteiger partial charge in [-0.25, -0.2) is 8.42 Å². The van der Waals surface area contributed by atoms with Crippen LogP contribution in [0.1, 0.15) is 13.3 Å². The van der Waals surface area contributed by atoms with E-state index in [-0.39, 0.29) is 22.8 Å². The Labute approximate surface area is 205 Å². The standard InChI is InChI=1S/C24H28ClN5O3S/c1-17-13-23(24(27)31)30(15-17,12-9-26)22-14-19(5-8-21(22)25)18-3-6-20(7-4-18)29-11-10-28(2)16-34(29,32)33/h3-8,14,17,23H,10-13,15-16H2,1-2H3,(H-,27,31)/p+1/t17-,23-,30?/m0/s1. The Hall–Kier alpha value is -2.64. The molecule has 1 unspecified atom stereocenters. The van der Waals surface area contributed by atoms with Crippen LogP contribution in [-0.2, 0) is 14.8 Å². The van der Waals surface area contributed by atoms with Gasteiger partial charge in [0.15, 0.2) is 18.3 Å². The SMILES string of the molecule is C[C@H]1C[C@@H](C(N)=O)[N+](CC#N)(c2cc(-c3ccc(N4CCN(C)CS4(=O)=O)cc3)ccc2Cl)C1. The van der Waals surface area contributed by atoms with Crippen molar-refractivity contribution in [3.05, 3.63) is 47.5 Å². The van der Waals surface area contributed by atoms with E-state index in [2.05, 4.69) is 13.0 Å². The molecule has 1 amide bonds. The van der Waals surface area contributed by atoms with Crippen LogP contribution >= 0.6 is 11.6 Å². The van der Waals surface area contributed by atoms with Gasteiger partial charge in [0, 0.05) is 31.5 Å². The summed E-state index contributed by atoms with van der Waals surface area (Å²) in [5.41, 5.74) is 8.84. The minimum Gasteiger partial charge on any atom is -0.364 e. The van der Waals surface area contributed by atoms with Crippen LogP contribution < -0.4 is 14.5 Å². The Morgan fingerprint density at radius 1 is 1.21 bits per heavy atom. The zero-order valence-electron chi connectivity index (χ0n) is 19.3. The van der Waals surface area contributed by atoms with Crippen molar-refractivity contribution in [1.82, 2.24) is 9.38 Å². The third kappa shape index (κ3) is 4.39. The van der Waals surface area contributed by atoms with Crippen molar-refractivity contribution in [2.24, 2.45) is 11.7 Å². The maximum Gasteiger partial charge on any atom is 0.276 e. The lowest BCUT2D eigenvalue weighted by Gasteiger charge is -2.37. The average molecular weight is 503 g/mol. The lowest BCUT2D eigenvalue weighted by molar-refractivity contribution is -0.121. The Morgan fingerprint density at radius 2 is 1.88 bits per heavy atom. The Bertz CT molecular complexity index is 1240. The smallest absolute Gasteiger partial charge is 0.276 e. The third-order valence-electron chi connectivity index (χ3n) is 6.86. The van der Waals surface area contributed by atoms with Crippen molar-refractivity contribution >= 4 is 38.9 Å². The quantitative estimate of drug-likeness (QED) is 0.499. The van der Waals surface area contributed by atoms with Crippen LogP contribution in [0, 0.1) is 17.2 Å². The highest BCUT2D eigenvalue weighted by Crippen LogP contribution is 2.43. The molecule has 2 N–H and O–H groups in total.